The number of halogens is 1. The average molecular weight is 329 g/mol. The number of rotatable bonds is 5. The first kappa shape index (κ1) is 13.7. The Labute approximate surface area is 119 Å². The van der Waals surface area contributed by atoms with Gasteiger partial charge in [0, 0.05) is 19.2 Å². The molecule has 0 amide bonds. The number of aryl methyl sites for hydroxylation is 2. The SMILES string of the molecule is CCc1cc(CC(NN)c2csc(Br)c2)n(C)n1. The van der Waals surface area contributed by atoms with Crippen LogP contribution in [0.4, 0.5) is 0 Å². The van der Waals surface area contributed by atoms with Crippen LogP contribution in [0.1, 0.15) is 29.9 Å². The maximum absolute atomic E-state index is 5.66. The molecule has 0 spiro atoms. The van der Waals surface area contributed by atoms with Crippen molar-refractivity contribution in [3.8, 4) is 0 Å². The van der Waals surface area contributed by atoms with E-state index in [0.717, 1.165) is 22.3 Å². The zero-order valence-corrected chi connectivity index (χ0v) is 12.9. The van der Waals surface area contributed by atoms with E-state index in [9.17, 15) is 0 Å². The highest BCUT2D eigenvalue weighted by molar-refractivity contribution is 9.11. The van der Waals surface area contributed by atoms with Crippen LogP contribution >= 0.6 is 27.3 Å². The van der Waals surface area contributed by atoms with Gasteiger partial charge in [-0.2, -0.15) is 5.10 Å². The highest BCUT2D eigenvalue weighted by Crippen LogP contribution is 2.27. The second-order valence-corrected chi connectivity index (χ2v) is 6.50. The number of thiophene rings is 1. The lowest BCUT2D eigenvalue weighted by Gasteiger charge is -2.14. The minimum atomic E-state index is 0.118. The summed E-state index contributed by atoms with van der Waals surface area (Å²) >= 11 is 5.15. The van der Waals surface area contributed by atoms with Crippen LogP contribution in [0.25, 0.3) is 0 Å². The molecule has 98 valence electrons. The third-order valence-corrected chi connectivity index (χ3v) is 4.52. The number of aromatic nitrogens is 2. The van der Waals surface area contributed by atoms with E-state index in [1.165, 1.54) is 11.3 Å². The Balaban J connectivity index is 2.17. The van der Waals surface area contributed by atoms with Crippen molar-refractivity contribution in [2.24, 2.45) is 12.9 Å². The number of hydrogen-bond donors (Lipinski definition) is 2. The van der Waals surface area contributed by atoms with Crippen LogP contribution in [-0.2, 0) is 19.9 Å². The summed E-state index contributed by atoms with van der Waals surface area (Å²) in [5.74, 6) is 5.66. The second-order valence-electron chi connectivity index (χ2n) is 4.21. The molecule has 0 radical (unpaired) electrons. The Kier molecular flexibility index (Phi) is 4.55. The lowest BCUT2D eigenvalue weighted by atomic mass is 10.1. The lowest BCUT2D eigenvalue weighted by molar-refractivity contribution is 0.531. The predicted octanol–water partition coefficient (Wildman–Crippen LogP) is 2.55. The molecule has 3 N–H and O–H groups in total. The van der Waals surface area contributed by atoms with Gasteiger partial charge < -0.3 is 0 Å². The van der Waals surface area contributed by atoms with Crippen LogP contribution in [0.5, 0.6) is 0 Å². The second kappa shape index (κ2) is 5.97. The molecule has 1 atom stereocenters. The topological polar surface area (TPSA) is 55.9 Å². The quantitative estimate of drug-likeness (QED) is 0.655. The molecule has 4 nitrogen and oxygen atoms in total. The lowest BCUT2D eigenvalue weighted by Crippen LogP contribution is -2.29. The molecule has 0 saturated heterocycles. The Morgan fingerprint density at radius 3 is 2.83 bits per heavy atom. The molecule has 0 aliphatic carbocycles. The first-order valence-electron chi connectivity index (χ1n) is 5.86. The van der Waals surface area contributed by atoms with Gasteiger partial charge in [-0.05, 0) is 45.4 Å². The largest absolute Gasteiger partial charge is 0.272 e. The molecule has 2 rings (SSSR count). The summed E-state index contributed by atoms with van der Waals surface area (Å²) in [5.41, 5.74) is 6.39. The molecule has 2 heterocycles. The Bertz CT molecular complexity index is 520. The van der Waals surface area contributed by atoms with Crippen molar-refractivity contribution >= 4 is 27.3 Å². The van der Waals surface area contributed by atoms with E-state index in [4.69, 9.17) is 5.84 Å². The zero-order chi connectivity index (χ0) is 13.1. The third kappa shape index (κ3) is 3.00. The zero-order valence-electron chi connectivity index (χ0n) is 10.5. The fourth-order valence-electron chi connectivity index (χ4n) is 1.92. The summed E-state index contributed by atoms with van der Waals surface area (Å²) in [7, 11) is 1.98. The molecule has 0 aromatic carbocycles. The van der Waals surface area contributed by atoms with E-state index in [0.29, 0.717) is 0 Å². The van der Waals surface area contributed by atoms with Gasteiger partial charge in [0.15, 0.2) is 0 Å². The first-order chi connectivity index (χ1) is 8.63. The van der Waals surface area contributed by atoms with E-state index in [1.807, 2.05) is 11.7 Å². The fourth-order valence-corrected chi connectivity index (χ4v) is 3.15. The van der Waals surface area contributed by atoms with Gasteiger partial charge in [0.2, 0.25) is 0 Å². The van der Waals surface area contributed by atoms with E-state index in [2.05, 4.69) is 50.9 Å². The number of hydrogen-bond acceptors (Lipinski definition) is 4. The molecule has 0 aliphatic rings. The van der Waals surface area contributed by atoms with Crippen molar-refractivity contribution in [1.29, 1.82) is 0 Å². The molecule has 1 unspecified atom stereocenters. The molecular formula is C12H17BrN4S. The fraction of sp³-hybridized carbons (Fsp3) is 0.417. The van der Waals surface area contributed by atoms with Crippen LogP contribution in [0.3, 0.4) is 0 Å². The summed E-state index contributed by atoms with van der Waals surface area (Å²) in [4.78, 5) is 0. The molecule has 6 heteroatoms. The summed E-state index contributed by atoms with van der Waals surface area (Å²) in [5, 5.41) is 6.57. The molecule has 2 aromatic rings. The maximum atomic E-state index is 5.66. The summed E-state index contributed by atoms with van der Waals surface area (Å²) in [6.45, 7) is 2.11. The van der Waals surface area contributed by atoms with E-state index < -0.39 is 0 Å². The highest BCUT2D eigenvalue weighted by atomic mass is 79.9. The number of hydrazine groups is 1. The Morgan fingerprint density at radius 1 is 1.56 bits per heavy atom. The normalized spacial score (nSPS) is 12.9. The summed E-state index contributed by atoms with van der Waals surface area (Å²) < 4.78 is 3.06. The minimum Gasteiger partial charge on any atom is -0.272 e. The van der Waals surface area contributed by atoms with Crippen molar-refractivity contribution in [2.45, 2.75) is 25.8 Å². The standard InChI is InChI=1S/C12H17BrN4S/c1-3-9-5-10(17(2)16-9)6-11(15-14)8-4-12(13)18-7-8/h4-5,7,11,15H,3,6,14H2,1-2H3. The van der Waals surface area contributed by atoms with Gasteiger partial charge in [-0.1, -0.05) is 6.92 Å². The van der Waals surface area contributed by atoms with Crippen LogP contribution in [0.2, 0.25) is 0 Å². The Morgan fingerprint density at radius 2 is 2.33 bits per heavy atom. The highest BCUT2D eigenvalue weighted by Gasteiger charge is 2.15. The van der Waals surface area contributed by atoms with Gasteiger partial charge in [0.1, 0.15) is 0 Å². The summed E-state index contributed by atoms with van der Waals surface area (Å²) in [6, 6.07) is 4.37. The monoisotopic (exact) mass is 328 g/mol. The van der Waals surface area contributed by atoms with Crippen LogP contribution in [0.15, 0.2) is 21.3 Å². The van der Waals surface area contributed by atoms with Crippen molar-refractivity contribution in [1.82, 2.24) is 15.2 Å². The molecule has 0 aliphatic heterocycles. The predicted molar refractivity (Wildman–Crippen MR) is 78.4 cm³/mol. The van der Waals surface area contributed by atoms with Gasteiger partial charge in [-0.25, -0.2) is 0 Å². The number of nitrogens with one attached hydrogen (secondary N) is 1. The van der Waals surface area contributed by atoms with Gasteiger partial charge >= 0.3 is 0 Å². The number of nitrogens with two attached hydrogens (primary N) is 1. The van der Waals surface area contributed by atoms with Crippen LogP contribution in [-0.4, -0.2) is 9.78 Å². The van der Waals surface area contributed by atoms with Gasteiger partial charge in [0.25, 0.3) is 0 Å². The van der Waals surface area contributed by atoms with Crippen molar-refractivity contribution in [3.63, 3.8) is 0 Å². The summed E-state index contributed by atoms with van der Waals surface area (Å²) in [6.07, 6.45) is 1.79. The average Bonchev–Trinajstić information content (AvgIpc) is 2.93. The minimum absolute atomic E-state index is 0.118. The van der Waals surface area contributed by atoms with Crippen LogP contribution in [0, 0.1) is 0 Å². The van der Waals surface area contributed by atoms with Crippen molar-refractivity contribution < 1.29 is 0 Å². The molecule has 18 heavy (non-hydrogen) atoms. The third-order valence-electron chi connectivity index (χ3n) is 2.99. The van der Waals surface area contributed by atoms with Gasteiger partial charge in [0.05, 0.1) is 15.5 Å². The molecule has 0 saturated carbocycles. The van der Waals surface area contributed by atoms with Gasteiger partial charge in [-0.15, -0.1) is 11.3 Å². The molecule has 2 aromatic heterocycles. The van der Waals surface area contributed by atoms with E-state index >= 15 is 0 Å². The molecule has 0 bridgehead atoms. The Hall–Kier alpha value is -0.690. The number of nitrogens with zero attached hydrogens (tertiary/aromatic N) is 2. The molecule has 0 fully saturated rings. The smallest absolute Gasteiger partial charge is 0.0701 e. The van der Waals surface area contributed by atoms with E-state index in [-0.39, 0.29) is 6.04 Å². The maximum Gasteiger partial charge on any atom is 0.0701 e. The van der Waals surface area contributed by atoms with Crippen molar-refractivity contribution in [3.05, 3.63) is 38.3 Å². The molecular weight excluding hydrogens is 312 g/mol. The van der Waals surface area contributed by atoms with E-state index in [1.54, 1.807) is 11.3 Å². The first-order valence-corrected chi connectivity index (χ1v) is 7.53. The van der Waals surface area contributed by atoms with Crippen molar-refractivity contribution in [2.75, 3.05) is 0 Å². The van der Waals surface area contributed by atoms with Crippen LogP contribution < -0.4 is 11.3 Å². The van der Waals surface area contributed by atoms with Gasteiger partial charge in [-0.3, -0.25) is 16.0 Å².